The normalized spacial score (nSPS) is 15.4. The largest absolute Gasteiger partial charge is 0.481 e. The van der Waals surface area contributed by atoms with Gasteiger partial charge in [-0.05, 0) is 37.5 Å². The molecule has 1 aliphatic heterocycles. The Morgan fingerprint density at radius 3 is 2.72 bits per heavy atom. The van der Waals surface area contributed by atoms with E-state index >= 15 is 0 Å². The van der Waals surface area contributed by atoms with Gasteiger partial charge >= 0.3 is 5.97 Å². The van der Waals surface area contributed by atoms with Gasteiger partial charge in [0.25, 0.3) is 5.91 Å². The minimum absolute atomic E-state index is 0.0462. The van der Waals surface area contributed by atoms with Crippen LogP contribution in [-0.2, 0) is 9.53 Å². The molecule has 2 aromatic rings. The van der Waals surface area contributed by atoms with E-state index in [1.165, 1.54) is 17.4 Å². The number of aryl methyl sites for hydroxylation is 1. The van der Waals surface area contributed by atoms with Crippen molar-refractivity contribution in [2.24, 2.45) is 0 Å². The number of halogens is 1. The lowest BCUT2D eigenvalue weighted by Crippen LogP contribution is -2.44. The van der Waals surface area contributed by atoms with E-state index in [0.29, 0.717) is 41.9 Å². The zero-order valence-corrected chi connectivity index (χ0v) is 14.8. The molecule has 0 radical (unpaired) electrons. The van der Waals surface area contributed by atoms with Gasteiger partial charge in [-0.25, -0.2) is 4.39 Å². The summed E-state index contributed by atoms with van der Waals surface area (Å²) < 4.78 is 20.2. The van der Waals surface area contributed by atoms with Crippen LogP contribution in [0.25, 0.3) is 10.1 Å². The number of carbonyl (C=O) groups is 2. The number of amides is 1. The molecular formula is C18H20FNO4S. The maximum Gasteiger partial charge on any atom is 0.305 e. The number of aliphatic carboxylic acids is 1. The summed E-state index contributed by atoms with van der Waals surface area (Å²) in [5.74, 6) is -1.50. The highest BCUT2D eigenvalue weighted by Gasteiger charge is 2.29. The van der Waals surface area contributed by atoms with Crippen LogP contribution in [0.2, 0.25) is 0 Å². The number of thiophene rings is 1. The molecule has 1 aromatic heterocycles. The van der Waals surface area contributed by atoms with Crippen molar-refractivity contribution in [2.75, 3.05) is 19.8 Å². The van der Waals surface area contributed by atoms with E-state index in [9.17, 15) is 14.0 Å². The first-order valence-corrected chi connectivity index (χ1v) is 9.09. The third kappa shape index (κ3) is 3.67. The molecule has 3 rings (SSSR count). The Kier molecular flexibility index (Phi) is 5.34. The fourth-order valence-electron chi connectivity index (χ4n) is 3.25. The molecule has 1 fully saturated rings. The van der Waals surface area contributed by atoms with Crippen molar-refractivity contribution in [1.82, 2.24) is 4.90 Å². The Labute approximate surface area is 149 Å². The van der Waals surface area contributed by atoms with Crippen LogP contribution in [0.1, 0.15) is 34.5 Å². The lowest BCUT2D eigenvalue weighted by molar-refractivity contribution is -0.137. The molecule has 0 spiro atoms. The molecule has 7 heteroatoms. The smallest absolute Gasteiger partial charge is 0.305 e. The number of carbonyl (C=O) groups excluding carboxylic acids is 1. The van der Waals surface area contributed by atoms with Gasteiger partial charge in [0.1, 0.15) is 5.82 Å². The Morgan fingerprint density at radius 2 is 2.08 bits per heavy atom. The highest BCUT2D eigenvalue weighted by atomic mass is 32.1. The second kappa shape index (κ2) is 7.49. The third-order valence-corrected chi connectivity index (χ3v) is 5.80. The Balaban J connectivity index is 1.94. The number of benzene rings is 1. The summed E-state index contributed by atoms with van der Waals surface area (Å²) >= 11 is 1.26. The molecule has 1 N–H and O–H groups in total. The molecule has 0 bridgehead atoms. The first-order chi connectivity index (χ1) is 12.0. The Bertz CT molecular complexity index is 798. The van der Waals surface area contributed by atoms with Gasteiger partial charge in [-0.15, -0.1) is 11.3 Å². The van der Waals surface area contributed by atoms with Crippen molar-refractivity contribution >= 4 is 33.3 Å². The minimum atomic E-state index is -0.941. The topological polar surface area (TPSA) is 66.8 Å². The summed E-state index contributed by atoms with van der Waals surface area (Å²) in [6.07, 6.45) is 1.26. The van der Waals surface area contributed by atoms with E-state index in [1.54, 1.807) is 24.0 Å². The molecule has 1 aliphatic rings. The van der Waals surface area contributed by atoms with Gasteiger partial charge in [0, 0.05) is 35.9 Å². The monoisotopic (exact) mass is 365 g/mol. The van der Waals surface area contributed by atoms with Gasteiger partial charge in [-0.3, -0.25) is 9.59 Å². The third-order valence-electron chi connectivity index (χ3n) is 4.56. The van der Waals surface area contributed by atoms with Crippen LogP contribution in [0.5, 0.6) is 0 Å². The second-order valence-electron chi connectivity index (χ2n) is 6.15. The summed E-state index contributed by atoms with van der Waals surface area (Å²) in [6.45, 7) is 3.01. The molecule has 0 saturated carbocycles. The van der Waals surface area contributed by atoms with Crippen molar-refractivity contribution in [3.63, 3.8) is 0 Å². The maximum atomic E-state index is 14.1. The highest BCUT2D eigenvalue weighted by Crippen LogP contribution is 2.34. The molecule has 1 aromatic carbocycles. The van der Waals surface area contributed by atoms with Gasteiger partial charge in [0.15, 0.2) is 0 Å². The summed E-state index contributed by atoms with van der Waals surface area (Å²) in [5.41, 5.74) is 0.621. The van der Waals surface area contributed by atoms with Gasteiger partial charge in [0.05, 0.1) is 11.3 Å². The van der Waals surface area contributed by atoms with Crippen LogP contribution >= 0.6 is 11.3 Å². The molecule has 134 valence electrons. The summed E-state index contributed by atoms with van der Waals surface area (Å²) in [5, 5.41) is 9.48. The molecule has 1 amide bonds. The number of rotatable bonds is 5. The number of fused-ring (bicyclic) bond motifs is 1. The molecule has 1 saturated heterocycles. The maximum absolute atomic E-state index is 14.1. The summed E-state index contributed by atoms with van der Waals surface area (Å²) in [6, 6.07) is 4.76. The predicted molar refractivity (Wildman–Crippen MR) is 93.7 cm³/mol. The summed E-state index contributed by atoms with van der Waals surface area (Å²) in [4.78, 5) is 26.2. The molecule has 2 heterocycles. The molecule has 25 heavy (non-hydrogen) atoms. The number of nitrogens with zero attached hydrogens (tertiary/aromatic N) is 1. The van der Waals surface area contributed by atoms with Crippen molar-refractivity contribution < 1.29 is 23.8 Å². The first kappa shape index (κ1) is 17.8. The average molecular weight is 365 g/mol. The van der Waals surface area contributed by atoms with Crippen LogP contribution in [0.4, 0.5) is 4.39 Å². The number of carboxylic acid groups (broad SMARTS) is 1. The number of hydrogen-bond acceptors (Lipinski definition) is 4. The highest BCUT2D eigenvalue weighted by molar-refractivity contribution is 7.21. The Hall–Kier alpha value is -1.99. The molecule has 0 atom stereocenters. The van der Waals surface area contributed by atoms with E-state index in [-0.39, 0.29) is 30.7 Å². The van der Waals surface area contributed by atoms with Crippen LogP contribution < -0.4 is 0 Å². The van der Waals surface area contributed by atoms with E-state index in [4.69, 9.17) is 9.84 Å². The van der Waals surface area contributed by atoms with Crippen LogP contribution in [0, 0.1) is 12.7 Å². The summed E-state index contributed by atoms with van der Waals surface area (Å²) in [7, 11) is 0. The average Bonchev–Trinajstić information content (AvgIpc) is 2.94. The number of hydrogen-bond donors (Lipinski definition) is 1. The van der Waals surface area contributed by atoms with Crippen LogP contribution in [-0.4, -0.2) is 47.7 Å². The van der Waals surface area contributed by atoms with E-state index in [2.05, 4.69) is 0 Å². The standard InChI is InChI=1S/C18H20FNO4S/c1-11-16-13(19)3-2-4-14(16)25-17(11)18(23)20(8-5-15(21)22)12-6-9-24-10-7-12/h2-4,12H,5-10H2,1H3,(H,21,22). The minimum Gasteiger partial charge on any atom is -0.481 e. The van der Waals surface area contributed by atoms with E-state index in [1.807, 2.05) is 0 Å². The molecule has 0 unspecified atom stereocenters. The van der Waals surface area contributed by atoms with Crippen molar-refractivity contribution in [3.05, 3.63) is 34.5 Å². The zero-order chi connectivity index (χ0) is 18.0. The lowest BCUT2D eigenvalue weighted by Gasteiger charge is -2.34. The fourth-order valence-corrected chi connectivity index (χ4v) is 4.43. The zero-order valence-electron chi connectivity index (χ0n) is 14.0. The second-order valence-corrected chi connectivity index (χ2v) is 7.21. The number of ether oxygens (including phenoxy) is 1. The van der Waals surface area contributed by atoms with Crippen LogP contribution in [0.3, 0.4) is 0 Å². The first-order valence-electron chi connectivity index (χ1n) is 8.27. The molecular weight excluding hydrogens is 345 g/mol. The van der Waals surface area contributed by atoms with Crippen molar-refractivity contribution in [3.8, 4) is 0 Å². The number of carboxylic acids is 1. The molecule has 0 aliphatic carbocycles. The SMILES string of the molecule is Cc1c(C(=O)N(CCC(=O)O)C2CCOCC2)sc2cccc(F)c12. The Morgan fingerprint density at radius 1 is 1.36 bits per heavy atom. The van der Waals surface area contributed by atoms with Crippen LogP contribution in [0.15, 0.2) is 18.2 Å². The fraction of sp³-hybridized carbons (Fsp3) is 0.444. The quantitative estimate of drug-likeness (QED) is 0.881. The van der Waals surface area contributed by atoms with E-state index in [0.717, 1.165) is 4.70 Å². The predicted octanol–water partition coefficient (Wildman–Crippen LogP) is 3.44. The lowest BCUT2D eigenvalue weighted by atomic mass is 10.1. The van der Waals surface area contributed by atoms with Gasteiger partial charge < -0.3 is 14.7 Å². The van der Waals surface area contributed by atoms with Crippen molar-refractivity contribution in [1.29, 1.82) is 0 Å². The molecule has 5 nitrogen and oxygen atoms in total. The van der Waals surface area contributed by atoms with Gasteiger partial charge in [-0.2, -0.15) is 0 Å². The van der Waals surface area contributed by atoms with Gasteiger partial charge in [-0.1, -0.05) is 6.07 Å². The van der Waals surface area contributed by atoms with E-state index < -0.39 is 5.97 Å². The van der Waals surface area contributed by atoms with Crippen molar-refractivity contribution in [2.45, 2.75) is 32.2 Å². The van der Waals surface area contributed by atoms with Gasteiger partial charge in [0.2, 0.25) is 0 Å².